The van der Waals surface area contributed by atoms with Crippen LogP contribution in [0.3, 0.4) is 0 Å². The van der Waals surface area contributed by atoms with Gasteiger partial charge in [-0.3, -0.25) is 9.59 Å². The van der Waals surface area contributed by atoms with Crippen molar-refractivity contribution >= 4 is 11.9 Å². The van der Waals surface area contributed by atoms with Crippen LogP contribution in [-0.4, -0.2) is 29.9 Å². The zero-order chi connectivity index (χ0) is 21.2. The second-order valence-electron chi connectivity index (χ2n) is 7.89. The summed E-state index contributed by atoms with van der Waals surface area (Å²) in [5.74, 6) is -14.0. The third kappa shape index (κ3) is 4.80. The molecule has 9 heteroatoms. The predicted molar refractivity (Wildman–Crippen MR) is 89.9 cm³/mol. The summed E-state index contributed by atoms with van der Waals surface area (Å²) in [7, 11) is 0. The molecule has 0 radical (unpaired) electrons. The Balaban J connectivity index is 1.91. The normalized spacial score (nSPS) is 15.6. The Morgan fingerprint density at radius 1 is 0.893 bits per heavy atom. The molecule has 1 saturated heterocycles. The molecule has 28 heavy (non-hydrogen) atoms. The van der Waals surface area contributed by atoms with E-state index in [1.54, 1.807) is 4.90 Å². The molecule has 1 aromatic rings. The van der Waals surface area contributed by atoms with Crippen LogP contribution in [0.25, 0.3) is 0 Å². The molecule has 0 spiro atoms. The highest BCUT2D eigenvalue weighted by atomic mass is 19.2. The molecule has 0 saturated carbocycles. The quantitative estimate of drug-likeness (QED) is 0.245. The van der Waals surface area contributed by atoms with Gasteiger partial charge in [-0.2, -0.15) is 8.78 Å². The number of amides is 1. The number of esters is 1. The summed E-state index contributed by atoms with van der Waals surface area (Å²) in [5.41, 5.74) is 0.132. The number of piperidine rings is 1. The highest BCUT2D eigenvalue weighted by molar-refractivity contribution is 5.82. The monoisotopic (exact) mass is 407 g/mol. The van der Waals surface area contributed by atoms with Gasteiger partial charge in [0.25, 0.3) is 0 Å². The molecule has 0 aliphatic carbocycles. The molecule has 1 fully saturated rings. The summed E-state index contributed by atoms with van der Waals surface area (Å²) in [6.45, 7) is 7.46. The Morgan fingerprint density at radius 2 is 1.36 bits per heavy atom. The minimum atomic E-state index is -2.34. The molecule has 1 aromatic carbocycles. The van der Waals surface area contributed by atoms with Crippen molar-refractivity contribution in [3.8, 4) is 5.75 Å². The minimum absolute atomic E-state index is 0.132. The summed E-state index contributed by atoms with van der Waals surface area (Å²) in [5, 5.41) is 0. The first-order chi connectivity index (χ1) is 12.9. The fraction of sp³-hybridized carbons (Fsp3) is 0.579. The number of likely N-dealkylation sites (tertiary alicyclic amines) is 1. The van der Waals surface area contributed by atoms with Gasteiger partial charge in [0.1, 0.15) is 0 Å². The largest absolute Gasteiger partial charge is 0.420 e. The van der Waals surface area contributed by atoms with Crippen LogP contribution in [0, 0.1) is 40.4 Å². The van der Waals surface area contributed by atoms with Crippen molar-refractivity contribution in [1.82, 2.24) is 4.90 Å². The van der Waals surface area contributed by atoms with E-state index in [0.717, 1.165) is 12.8 Å². The topological polar surface area (TPSA) is 46.6 Å². The molecular formula is C19H22F5NO3. The molecule has 0 aromatic heterocycles. The Bertz CT molecular complexity index is 739. The average molecular weight is 407 g/mol. The van der Waals surface area contributed by atoms with Crippen molar-refractivity contribution in [2.75, 3.05) is 13.1 Å². The maximum absolute atomic E-state index is 13.5. The van der Waals surface area contributed by atoms with Crippen molar-refractivity contribution in [3.63, 3.8) is 0 Å². The zero-order valence-corrected chi connectivity index (χ0v) is 15.9. The van der Waals surface area contributed by atoms with Gasteiger partial charge in [-0.1, -0.05) is 20.8 Å². The third-order valence-electron chi connectivity index (χ3n) is 5.00. The molecule has 156 valence electrons. The van der Waals surface area contributed by atoms with E-state index in [1.165, 1.54) is 0 Å². The Morgan fingerprint density at radius 3 is 1.82 bits per heavy atom. The van der Waals surface area contributed by atoms with Gasteiger partial charge in [0.15, 0.2) is 0 Å². The second-order valence-corrected chi connectivity index (χ2v) is 7.89. The average Bonchev–Trinajstić information content (AvgIpc) is 2.65. The fourth-order valence-electron chi connectivity index (χ4n) is 3.20. The number of benzene rings is 1. The smallest absolute Gasteiger partial charge is 0.311 e. The van der Waals surface area contributed by atoms with E-state index in [4.69, 9.17) is 0 Å². The molecule has 1 amide bonds. The van der Waals surface area contributed by atoms with Gasteiger partial charge in [0.2, 0.25) is 40.7 Å². The van der Waals surface area contributed by atoms with Crippen molar-refractivity contribution in [2.45, 2.75) is 46.5 Å². The first-order valence-electron chi connectivity index (χ1n) is 8.93. The number of hydrogen-bond acceptors (Lipinski definition) is 3. The Kier molecular flexibility index (Phi) is 6.67. The van der Waals surface area contributed by atoms with Crippen molar-refractivity contribution in [2.24, 2.45) is 11.3 Å². The standard InChI is InChI=1S/C19H22F5NO3/c1-19(2,3)10-6-8-25(9-7-10)11(26)4-5-12(27)28-18-16(23)14(21)13(20)15(22)17(18)24/h10H,4-9H2,1-3H3. The number of rotatable bonds is 4. The number of halogens is 5. The molecule has 0 N–H and O–H groups in total. The van der Waals surface area contributed by atoms with Crippen molar-refractivity contribution in [1.29, 1.82) is 0 Å². The molecule has 1 aliphatic heterocycles. The minimum Gasteiger partial charge on any atom is -0.420 e. The number of ether oxygens (including phenoxy) is 1. The molecule has 0 unspecified atom stereocenters. The van der Waals surface area contributed by atoms with Crippen LogP contribution in [0.15, 0.2) is 0 Å². The molecule has 4 nitrogen and oxygen atoms in total. The highest BCUT2D eigenvalue weighted by Gasteiger charge is 2.31. The van der Waals surface area contributed by atoms with E-state index >= 15 is 0 Å². The highest BCUT2D eigenvalue weighted by Crippen LogP contribution is 2.34. The fourth-order valence-corrected chi connectivity index (χ4v) is 3.20. The van der Waals surface area contributed by atoms with Crippen molar-refractivity contribution in [3.05, 3.63) is 29.1 Å². The van der Waals surface area contributed by atoms with Gasteiger partial charge in [-0.15, -0.1) is 0 Å². The van der Waals surface area contributed by atoms with Gasteiger partial charge in [0, 0.05) is 19.5 Å². The Hall–Kier alpha value is -2.19. The molecule has 0 atom stereocenters. The lowest BCUT2D eigenvalue weighted by atomic mass is 9.75. The van der Waals surface area contributed by atoms with Crippen LogP contribution in [0.1, 0.15) is 46.5 Å². The predicted octanol–water partition coefficient (Wildman–Crippen LogP) is 4.35. The number of carbonyl (C=O) groups excluding carboxylic acids is 2. The van der Waals surface area contributed by atoms with E-state index in [2.05, 4.69) is 25.5 Å². The summed E-state index contributed by atoms with van der Waals surface area (Å²) in [6, 6.07) is 0. The third-order valence-corrected chi connectivity index (χ3v) is 5.00. The first-order valence-corrected chi connectivity index (χ1v) is 8.93. The van der Waals surface area contributed by atoms with Crippen LogP contribution in [0.4, 0.5) is 22.0 Å². The van der Waals surface area contributed by atoms with Gasteiger partial charge in [-0.05, 0) is 24.2 Å². The van der Waals surface area contributed by atoms with E-state index in [-0.39, 0.29) is 17.7 Å². The lowest BCUT2D eigenvalue weighted by Gasteiger charge is -2.38. The van der Waals surface area contributed by atoms with E-state index in [9.17, 15) is 31.5 Å². The van der Waals surface area contributed by atoms with Gasteiger partial charge >= 0.3 is 5.97 Å². The SMILES string of the molecule is CC(C)(C)C1CCN(C(=O)CCC(=O)Oc2c(F)c(F)c(F)c(F)c2F)CC1. The maximum atomic E-state index is 13.5. The van der Waals surface area contributed by atoms with Crippen LogP contribution in [0.2, 0.25) is 0 Å². The second kappa shape index (κ2) is 8.45. The lowest BCUT2D eigenvalue weighted by Crippen LogP contribution is -2.41. The molecular weight excluding hydrogens is 385 g/mol. The van der Waals surface area contributed by atoms with Crippen LogP contribution in [-0.2, 0) is 9.59 Å². The van der Waals surface area contributed by atoms with Gasteiger partial charge < -0.3 is 9.64 Å². The van der Waals surface area contributed by atoms with E-state index in [0.29, 0.717) is 19.0 Å². The lowest BCUT2D eigenvalue weighted by molar-refractivity contribution is -0.140. The number of nitrogens with zero attached hydrogens (tertiary/aromatic N) is 1. The zero-order valence-electron chi connectivity index (χ0n) is 15.9. The molecule has 1 aliphatic rings. The number of carbonyl (C=O) groups is 2. The van der Waals surface area contributed by atoms with Gasteiger partial charge in [0.05, 0.1) is 6.42 Å². The first kappa shape index (κ1) is 22.1. The Labute approximate surface area is 159 Å². The van der Waals surface area contributed by atoms with Crippen LogP contribution >= 0.6 is 0 Å². The summed E-state index contributed by atoms with van der Waals surface area (Å²) >= 11 is 0. The van der Waals surface area contributed by atoms with E-state index in [1.807, 2.05) is 0 Å². The van der Waals surface area contributed by atoms with Gasteiger partial charge in [-0.25, -0.2) is 13.2 Å². The number of hydrogen-bond donors (Lipinski definition) is 0. The summed E-state index contributed by atoms with van der Waals surface area (Å²) in [6.07, 6.45) is 0.820. The van der Waals surface area contributed by atoms with Crippen LogP contribution in [0.5, 0.6) is 5.75 Å². The molecule has 2 rings (SSSR count). The molecule has 1 heterocycles. The molecule has 0 bridgehead atoms. The van der Waals surface area contributed by atoms with E-state index < -0.39 is 47.2 Å². The summed E-state index contributed by atoms with van der Waals surface area (Å²) < 4.78 is 70.5. The van der Waals surface area contributed by atoms with Crippen molar-refractivity contribution < 1.29 is 36.3 Å². The summed E-state index contributed by atoms with van der Waals surface area (Å²) in [4.78, 5) is 25.5. The maximum Gasteiger partial charge on any atom is 0.311 e. The van der Waals surface area contributed by atoms with Crippen LogP contribution < -0.4 is 4.74 Å².